The Bertz CT molecular complexity index is 1080. The van der Waals surface area contributed by atoms with Gasteiger partial charge in [-0.2, -0.15) is 0 Å². The summed E-state index contributed by atoms with van der Waals surface area (Å²) in [6.07, 6.45) is -30.9. The van der Waals surface area contributed by atoms with Crippen molar-refractivity contribution in [2.45, 2.75) is 143 Å². The van der Waals surface area contributed by atoms with Gasteiger partial charge in [0.15, 0.2) is 12.6 Å². The molecular formula is C29H53NO21. The third-order valence-electron chi connectivity index (χ3n) is 9.39. The largest absolute Gasteiger partial charge is 0.477 e. The van der Waals surface area contributed by atoms with Gasteiger partial charge in [0.05, 0.1) is 50.3 Å². The normalized spacial score (nSPS) is 42.8. The Hall–Kier alpha value is -1.33. The number of aliphatic hydroxyl groups is 13. The summed E-state index contributed by atoms with van der Waals surface area (Å²) in [5.41, 5.74) is 5.88. The zero-order chi connectivity index (χ0) is 38.5. The smallest absolute Gasteiger partial charge is 0.364 e. The van der Waals surface area contributed by atoms with Gasteiger partial charge < -0.3 is 106 Å². The van der Waals surface area contributed by atoms with E-state index in [-0.39, 0.29) is 6.42 Å². The lowest BCUT2D eigenvalue weighted by atomic mass is 9.88. The molecule has 0 amide bonds. The number of carbonyl (C=O) groups is 1. The number of rotatable bonds is 17. The van der Waals surface area contributed by atoms with Gasteiger partial charge in [-0.3, -0.25) is 0 Å². The molecule has 0 saturated carbocycles. The first kappa shape index (κ1) is 44.1. The maximum absolute atomic E-state index is 12.6. The van der Waals surface area contributed by atoms with Crippen molar-refractivity contribution in [3.8, 4) is 0 Å². The van der Waals surface area contributed by atoms with E-state index in [4.69, 9.17) is 39.3 Å². The Kier molecular flexibility index (Phi) is 16.3. The maximum Gasteiger partial charge on any atom is 0.364 e. The van der Waals surface area contributed by atoms with Crippen molar-refractivity contribution in [2.24, 2.45) is 11.7 Å². The van der Waals surface area contributed by atoms with E-state index in [0.29, 0.717) is 0 Å². The van der Waals surface area contributed by atoms with Crippen molar-refractivity contribution in [3.05, 3.63) is 0 Å². The Morgan fingerprint density at radius 1 is 0.882 bits per heavy atom. The monoisotopic (exact) mass is 751 g/mol. The van der Waals surface area contributed by atoms with Crippen LogP contribution in [0.3, 0.4) is 0 Å². The van der Waals surface area contributed by atoms with Crippen LogP contribution in [0.4, 0.5) is 0 Å². The number of hydrogen-bond acceptors (Lipinski definition) is 21. The molecule has 7 unspecified atom stereocenters. The van der Waals surface area contributed by atoms with Gasteiger partial charge in [-0.25, -0.2) is 4.79 Å². The van der Waals surface area contributed by atoms with Crippen LogP contribution in [0.5, 0.6) is 0 Å². The summed E-state index contributed by atoms with van der Waals surface area (Å²) in [5, 5.41) is 144. The lowest BCUT2D eigenvalue weighted by Crippen LogP contribution is -2.70. The van der Waals surface area contributed by atoms with Crippen LogP contribution in [0.2, 0.25) is 0 Å². The first-order chi connectivity index (χ1) is 23.9. The molecule has 0 aromatic rings. The number of carboxylic acids is 1. The quantitative estimate of drug-likeness (QED) is 0.0656. The van der Waals surface area contributed by atoms with Crippen LogP contribution in [0.1, 0.15) is 26.7 Å². The molecule has 3 rings (SSSR count). The molecule has 3 heterocycles. The molecular weight excluding hydrogens is 698 g/mol. The van der Waals surface area contributed by atoms with Crippen LogP contribution in [0.25, 0.3) is 0 Å². The number of aliphatic carboxylic acids is 1. The first-order valence-electron chi connectivity index (χ1n) is 16.4. The van der Waals surface area contributed by atoms with Gasteiger partial charge in [0.2, 0.25) is 0 Å². The maximum atomic E-state index is 12.6. The van der Waals surface area contributed by atoms with Gasteiger partial charge in [-0.1, -0.05) is 6.92 Å². The third kappa shape index (κ3) is 9.68. The molecule has 20 atom stereocenters. The molecule has 22 nitrogen and oxygen atoms in total. The van der Waals surface area contributed by atoms with E-state index in [2.05, 4.69) is 0 Å². The predicted molar refractivity (Wildman–Crippen MR) is 162 cm³/mol. The standard InChI is InChI=1S/C29H53NO21/c1-9-17(39)23(15(8-34)47-26(9)48-22(10(2)35)18(40)11(36)3-4-31)49-27-21(43)25(20(42)14(7-33)46-27)51-29(28(44)45)5-12(37)16(30)24(50-29)19(41)13(38)6-32/h9-27,31-43H,3-8,30H2,1-2H3,(H,44,45)/t9?,10-,11-,12-,13?,14?,15+,16-,17?,18?,19-,20+,21+,22+,23-,24?,25?,26+,27+,29+/m1/s1. The van der Waals surface area contributed by atoms with Crippen molar-refractivity contribution < 1.29 is 105 Å². The summed E-state index contributed by atoms with van der Waals surface area (Å²) in [5.74, 6) is -5.99. The lowest BCUT2D eigenvalue weighted by molar-refractivity contribution is -0.386. The summed E-state index contributed by atoms with van der Waals surface area (Å²) in [7, 11) is 0. The van der Waals surface area contributed by atoms with Crippen LogP contribution in [0.15, 0.2) is 0 Å². The predicted octanol–water partition coefficient (Wildman–Crippen LogP) is -8.25. The van der Waals surface area contributed by atoms with Crippen molar-refractivity contribution >= 4 is 5.97 Å². The minimum absolute atomic E-state index is 0.256. The van der Waals surface area contributed by atoms with Crippen molar-refractivity contribution in [2.75, 3.05) is 26.4 Å². The molecule has 3 saturated heterocycles. The number of aliphatic hydroxyl groups excluding tert-OH is 13. The van der Waals surface area contributed by atoms with Crippen molar-refractivity contribution in [1.29, 1.82) is 0 Å². The SMILES string of the molecule is CC1C(O)[C@H](O[C@@H]2OC(CO)[C@H](O)C(O[C@]3(C(=O)O)C[C@@H](O)[C@@H](N)C([C@H](O)C(O)CO)O3)[C@@H]2O)[C@H](CO)O[C@H]1O[C@H](C(O)[C@H](O)CCO)[C@@H](C)O. The molecule has 16 N–H and O–H groups in total. The molecule has 3 fully saturated rings. The second kappa shape index (κ2) is 18.8. The van der Waals surface area contributed by atoms with E-state index in [1.807, 2.05) is 0 Å². The summed E-state index contributed by atoms with van der Waals surface area (Å²) in [6.45, 7) is -0.683. The summed E-state index contributed by atoms with van der Waals surface area (Å²) < 4.78 is 33.8. The van der Waals surface area contributed by atoms with Gasteiger partial charge in [0, 0.05) is 18.9 Å². The van der Waals surface area contributed by atoms with Crippen LogP contribution in [-0.4, -0.2) is 220 Å². The molecule has 0 aromatic heterocycles. The highest BCUT2D eigenvalue weighted by Crippen LogP contribution is 2.38. The zero-order valence-electron chi connectivity index (χ0n) is 27.9. The zero-order valence-corrected chi connectivity index (χ0v) is 27.9. The van der Waals surface area contributed by atoms with E-state index in [0.717, 1.165) is 0 Å². The minimum atomic E-state index is -2.97. The van der Waals surface area contributed by atoms with E-state index in [9.17, 15) is 71.2 Å². The third-order valence-corrected chi connectivity index (χ3v) is 9.39. The van der Waals surface area contributed by atoms with E-state index in [1.54, 1.807) is 0 Å². The van der Waals surface area contributed by atoms with Crippen LogP contribution in [-0.2, 0) is 33.2 Å². The molecule has 300 valence electrons. The topological polar surface area (TPSA) is 382 Å². The molecule has 0 aromatic carbocycles. The van der Waals surface area contributed by atoms with Gasteiger partial charge >= 0.3 is 5.97 Å². The van der Waals surface area contributed by atoms with E-state index in [1.165, 1.54) is 13.8 Å². The fourth-order valence-corrected chi connectivity index (χ4v) is 6.23. The van der Waals surface area contributed by atoms with E-state index < -0.39 is 161 Å². The highest BCUT2D eigenvalue weighted by Gasteiger charge is 2.59. The average molecular weight is 752 g/mol. The average Bonchev–Trinajstić information content (AvgIpc) is 3.09. The minimum Gasteiger partial charge on any atom is -0.477 e. The molecule has 0 aliphatic carbocycles. The number of hydrogen-bond donors (Lipinski definition) is 15. The second-order valence-corrected chi connectivity index (χ2v) is 13.1. The first-order valence-corrected chi connectivity index (χ1v) is 16.4. The van der Waals surface area contributed by atoms with Gasteiger partial charge in [-0.15, -0.1) is 0 Å². The molecule has 3 aliphatic rings. The Morgan fingerprint density at radius 2 is 1.49 bits per heavy atom. The second-order valence-electron chi connectivity index (χ2n) is 13.1. The summed E-state index contributed by atoms with van der Waals surface area (Å²) in [4.78, 5) is 12.6. The lowest BCUT2D eigenvalue weighted by Gasteiger charge is -2.50. The van der Waals surface area contributed by atoms with Crippen molar-refractivity contribution in [3.63, 3.8) is 0 Å². The van der Waals surface area contributed by atoms with Crippen LogP contribution >= 0.6 is 0 Å². The fourth-order valence-electron chi connectivity index (χ4n) is 6.23. The molecule has 0 spiro atoms. The number of nitrogens with two attached hydrogens (primary N) is 1. The highest BCUT2D eigenvalue weighted by molar-refractivity contribution is 5.76. The van der Waals surface area contributed by atoms with Gasteiger partial charge in [-0.05, 0) is 13.3 Å². The molecule has 22 heteroatoms. The number of carboxylic acid groups (broad SMARTS) is 1. The molecule has 0 radical (unpaired) electrons. The molecule has 3 aliphatic heterocycles. The van der Waals surface area contributed by atoms with Gasteiger partial charge in [0.25, 0.3) is 5.79 Å². The Labute approximate surface area is 291 Å². The molecule has 0 bridgehead atoms. The van der Waals surface area contributed by atoms with E-state index >= 15 is 0 Å². The summed E-state index contributed by atoms with van der Waals surface area (Å²) in [6, 6.07) is -1.51. The number of ether oxygens (including phenoxy) is 6. The Balaban J connectivity index is 1.86. The Morgan fingerprint density at radius 3 is 2.02 bits per heavy atom. The van der Waals surface area contributed by atoms with Crippen molar-refractivity contribution in [1.82, 2.24) is 0 Å². The molecule has 51 heavy (non-hydrogen) atoms. The van der Waals surface area contributed by atoms with Crippen LogP contribution in [0, 0.1) is 5.92 Å². The fraction of sp³-hybridized carbons (Fsp3) is 0.966. The van der Waals surface area contributed by atoms with Gasteiger partial charge in [0.1, 0.15) is 67.1 Å². The van der Waals surface area contributed by atoms with Crippen LogP contribution < -0.4 is 5.73 Å². The highest BCUT2D eigenvalue weighted by atomic mass is 16.8. The summed E-state index contributed by atoms with van der Waals surface area (Å²) >= 11 is 0.